The molecule has 0 unspecified atom stereocenters. The minimum atomic E-state index is -4.61. The van der Waals surface area contributed by atoms with Crippen molar-refractivity contribution in [2.24, 2.45) is 11.3 Å². The van der Waals surface area contributed by atoms with Gasteiger partial charge in [0, 0.05) is 43.2 Å². The molecule has 0 aliphatic carbocycles. The van der Waals surface area contributed by atoms with Crippen molar-refractivity contribution < 1.29 is 23.1 Å². The van der Waals surface area contributed by atoms with E-state index in [0.717, 1.165) is 11.6 Å². The van der Waals surface area contributed by atoms with Crippen LogP contribution >= 0.6 is 11.3 Å². The van der Waals surface area contributed by atoms with Gasteiger partial charge in [-0.3, -0.25) is 4.79 Å². The Hall–Kier alpha value is -2.57. The Balaban J connectivity index is 1.57. The number of alkyl halides is 3. The van der Waals surface area contributed by atoms with Crippen LogP contribution in [0, 0.1) is 29.6 Å². The summed E-state index contributed by atoms with van der Waals surface area (Å²) in [6.07, 6.45) is -4.04. The summed E-state index contributed by atoms with van der Waals surface area (Å²) >= 11 is 1.39. The van der Waals surface area contributed by atoms with Crippen molar-refractivity contribution in [1.82, 2.24) is 4.90 Å². The minimum Gasteiger partial charge on any atom is -0.396 e. The summed E-state index contributed by atoms with van der Waals surface area (Å²) < 4.78 is 40.1. The monoisotopic (exact) mass is 449 g/mol. The molecular weight excluding hydrogens is 427 g/mol. The normalized spacial score (nSPS) is 23.5. The van der Waals surface area contributed by atoms with Crippen molar-refractivity contribution in [2.45, 2.75) is 19.5 Å². The lowest BCUT2D eigenvalue weighted by atomic mass is 9.73. The predicted molar refractivity (Wildman–Crippen MR) is 111 cm³/mol. The second-order valence-electron chi connectivity index (χ2n) is 8.37. The van der Waals surface area contributed by atoms with E-state index in [-0.39, 0.29) is 18.4 Å². The maximum atomic E-state index is 13.4. The number of halogens is 3. The zero-order valence-corrected chi connectivity index (χ0v) is 17.8. The van der Waals surface area contributed by atoms with Crippen LogP contribution in [0.4, 0.5) is 18.9 Å². The number of aliphatic hydroxyl groups is 1. The molecule has 0 spiro atoms. The molecule has 2 saturated heterocycles. The summed E-state index contributed by atoms with van der Waals surface area (Å²) in [5.41, 5.74) is -0.472. The third-order valence-electron chi connectivity index (χ3n) is 6.59. The van der Waals surface area contributed by atoms with Gasteiger partial charge in [-0.15, -0.1) is 11.3 Å². The van der Waals surface area contributed by atoms with Gasteiger partial charge in [0.05, 0.1) is 28.7 Å². The standard InChI is InChI=1S/C22H22F3N3O2S/c1-14-4-7-31-19(14)20(30)28-11-16-10-27(6-5-21(16,12-28)13-29)17-3-2-15(9-26)18(8-17)22(23,24)25/h2-4,7-8,16,29H,5-6,10-13H2,1H3/t16-,21+/m1/s1. The maximum Gasteiger partial charge on any atom is 0.417 e. The second-order valence-corrected chi connectivity index (χ2v) is 9.29. The molecule has 3 heterocycles. The molecule has 1 aromatic carbocycles. The summed E-state index contributed by atoms with van der Waals surface area (Å²) in [6, 6.07) is 7.27. The van der Waals surface area contributed by atoms with Gasteiger partial charge in [0.1, 0.15) is 0 Å². The van der Waals surface area contributed by atoms with Gasteiger partial charge in [0.15, 0.2) is 0 Å². The average Bonchev–Trinajstić information content (AvgIpc) is 3.35. The van der Waals surface area contributed by atoms with Crippen LogP contribution in [0.1, 0.15) is 32.8 Å². The number of thiophene rings is 1. The first kappa shape index (κ1) is 21.7. The van der Waals surface area contributed by atoms with Crippen LogP contribution in [-0.4, -0.2) is 48.7 Å². The molecule has 2 aliphatic heterocycles. The Kier molecular flexibility index (Phi) is 5.48. The Morgan fingerprint density at radius 1 is 1.35 bits per heavy atom. The van der Waals surface area contributed by atoms with Crippen molar-refractivity contribution in [2.75, 3.05) is 37.7 Å². The number of nitriles is 1. The molecule has 1 N–H and O–H groups in total. The first-order valence-electron chi connectivity index (χ1n) is 9.99. The summed E-state index contributed by atoms with van der Waals surface area (Å²) in [5.74, 6) is -0.112. The molecule has 1 aromatic heterocycles. The lowest BCUT2D eigenvalue weighted by molar-refractivity contribution is -0.137. The number of fused-ring (bicyclic) bond motifs is 1. The number of rotatable bonds is 3. The third kappa shape index (κ3) is 3.79. The largest absolute Gasteiger partial charge is 0.417 e. The molecule has 164 valence electrons. The topological polar surface area (TPSA) is 67.6 Å². The summed E-state index contributed by atoms with van der Waals surface area (Å²) in [6.45, 7) is 3.63. The van der Waals surface area contributed by atoms with Crippen molar-refractivity contribution in [3.05, 3.63) is 51.2 Å². The Labute approximate surface area is 182 Å². The highest BCUT2D eigenvalue weighted by Gasteiger charge is 2.50. The van der Waals surface area contributed by atoms with Crippen LogP contribution in [0.5, 0.6) is 0 Å². The Morgan fingerprint density at radius 2 is 2.13 bits per heavy atom. The number of nitrogens with zero attached hydrogens (tertiary/aromatic N) is 3. The lowest BCUT2D eigenvalue weighted by Gasteiger charge is -2.43. The number of anilines is 1. The Morgan fingerprint density at radius 3 is 2.74 bits per heavy atom. The molecule has 2 fully saturated rings. The quantitative estimate of drug-likeness (QED) is 0.772. The SMILES string of the molecule is Cc1ccsc1C(=O)N1C[C@H]2CN(c3ccc(C#N)c(C(F)(F)F)c3)CC[C@@]2(CO)C1. The smallest absolute Gasteiger partial charge is 0.396 e. The van der Waals surface area contributed by atoms with Crippen LogP contribution in [0.2, 0.25) is 0 Å². The van der Waals surface area contributed by atoms with Crippen molar-refractivity contribution in [3.8, 4) is 6.07 Å². The summed E-state index contributed by atoms with van der Waals surface area (Å²) in [4.78, 5) is 17.3. The predicted octanol–water partition coefficient (Wildman–Crippen LogP) is 3.91. The number of likely N-dealkylation sites (tertiary alicyclic amines) is 1. The highest BCUT2D eigenvalue weighted by atomic mass is 32.1. The fourth-order valence-corrected chi connectivity index (χ4v) is 5.62. The Bertz CT molecular complexity index is 1050. The fraction of sp³-hybridized carbons (Fsp3) is 0.455. The van der Waals surface area contributed by atoms with Crippen LogP contribution < -0.4 is 4.90 Å². The highest BCUT2D eigenvalue weighted by Crippen LogP contribution is 2.45. The van der Waals surface area contributed by atoms with Crippen molar-refractivity contribution >= 4 is 22.9 Å². The number of carbonyl (C=O) groups is 1. The zero-order chi connectivity index (χ0) is 22.4. The molecule has 2 aromatic rings. The molecule has 2 atom stereocenters. The van der Waals surface area contributed by atoms with Gasteiger partial charge in [0.25, 0.3) is 5.91 Å². The number of carbonyl (C=O) groups excluding carboxylic acids is 1. The molecular formula is C22H22F3N3O2S. The van der Waals surface area contributed by atoms with Gasteiger partial charge < -0.3 is 14.9 Å². The van der Waals surface area contributed by atoms with Crippen LogP contribution in [0.3, 0.4) is 0 Å². The molecule has 0 bridgehead atoms. The fourth-order valence-electron chi connectivity index (χ4n) is 4.73. The number of hydrogen-bond acceptors (Lipinski definition) is 5. The van der Waals surface area contributed by atoms with E-state index in [1.54, 1.807) is 11.0 Å². The number of piperidine rings is 1. The van der Waals surface area contributed by atoms with E-state index in [1.165, 1.54) is 23.5 Å². The van der Waals surface area contributed by atoms with E-state index in [1.807, 2.05) is 23.3 Å². The molecule has 0 radical (unpaired) electrons. The number of hydrogen-bond donors (Lipinski definition) is 1. The zero-order valence-electron chi connectivity index (χ0n) is 16.9. The third-order valence-corrected chi connectivity index (χ3v) is 7.59. The van der Waals surface area contributed by atoms with Gasteiger partial charge in [-0.2, -0.15) is 18.4 Å². The maximum absolute atomic E-state index is 13.4. The second kappa shape index (κ2) is 7.84. The highest BCUT2D eigenvalue weighted by molar-refractivity contribution is 7.12. The number of amides is 1. The molecule has 0 saturated carbocycles. The molecule has 1 amide bonds. The lowest BCUT2D eigenvalue weighted by Crippen LogP contribution is -2.49. The van der Waals surface area contributed by atoms with Gasteiger partial charge >= 0.3 is 6.18 Å². The first-order valence-corrected chi connectivity index (χ1v) is 10.9. The first-order chi connectivity index (χ1) is 14.7. The van der Waals surface area contributed by atoms with Crippen LogP contribution in [-0.2, 0) is 6.18 Å². The number of benzene rings is 1. The van der Waals surface area contributed by atoms with E-state index in [9.17, 15) is 23.1 Å². The van der Waals surface area contributed by atoms with Gasteiger partial charge in [-0.1, -0.05) is 0 Å². The molecule has 2 aliphatic rings. The van der Waals surface area contributed by atoms with Gasteiger partial charge in [0.2, 0.25) is 0 Å². The van der Waals surface area contributed by atoms with Gasteiger partial charge in [-0.05, 0) is 48.6 Å². The van der Waals surface area contributed by atoms with Crippen LogP contribution in [0.15, 0.2) is 29.6 Å². The number of aliphatic hydroxyl groups excluding tert-OH is 1. The van der Waals surface area contributed by atoms with E-state index < -0.39 is 22.7 Å². The minimum absolute atomic E-state index is 0.0551. The summed E-state index contributed by atoms with van der Waals surface area (Å²) in [7, 11) is 0. The number of aryl methyl sites for hydroxylation is 1. The molecule has 9 heteroatoms. The molecule has 5 nitrogen and oxygen atoms in total. The average molecular weight is 449 g/mol. The van der Waals surface area contributed by atoms with Crippen LogP contribution in [0.25, 0.3) is 0 Å². The van der Waals surface area contributed by atoms with E-state index >= 15 is 0 Å². The van der Waals surface area contributed by atoms with E-state index in [4.69, 9.17) is 5.26 Å². The van der Waals surface area contributed by atoms with Gasteiger partial charge in [-0.25, -0.2) is 0 Å². The molecule has 31 heavy (non-hydrogen) atoms. The van der Waals surface area contributed by atoms with Crippen molar-refractivity contribution in [1.29, 1.82) is 5.26 Å². The van der Waals surface area contributed by atoms with E-state index in [0.29, 0.717) is 43.2 Å². The summed E-state index contributed by atoms with van der Waals surface area (Å²) in [5, 5.41) is 21.1. The van der Waals surface area contributed by atoms with E-state index in [2.05, 4.69) is 0 Å². The molecule has 4 rings (SSSR count). The van der Waals surface area contributed by atoms with Crippen molar-refractivity contribution in [3.63, 3.8) is 0 Å².